The van der Waals surface area contributed by atoms with E-state index in [0.29, 0.717) is 18.6 Å². The van der Waals surface area contributed by atoms with E-state index in [-0.39, 0.29) is 18.4 Å². The molecule has 1 aromatic rings. The van der Waals surface area contributed by atoms with Gasteiger partial charge in [-0.25, -0.2) is 4.79 Å². The molecule has 4 N–H and O–H groups in total. The standard InChI is InChI=1S/C21H33N3O5/c1-6-14(4)18(19(22)25)24-20(26)17(11-13(2)3)23-21(27)29-12-15-7-9-16(28-5)10-8-15/h7-10,13-14,17-18H,6,11-12H2,1-5H3,(H2,22,25)(H,23,27)(H,24,26)/t14-,17-,18-/m0/s1. The fraction of sp³-hybridized carbons (Fsp3) is 0.571. The number of carbonyl (C=O) groups is 3. The first-order valence-corrected chi connectivity index (χ1v) is 9.83. The van der Waals surface area contributed by atoms with Gasteiger partial charge in [0.25, 0.3) is 0 Å². The summed E-state index contributed by atoms with van der Waals surface area (Å²) < 4.78 is 10.3. The molecule has 0 saturated heterocycles. The van der Waals surface area contributed by atoms with Crippen LogP contribution in [-0.2, 0) is 20.9 Å². The highest BCUT2D eigenvalue weighted by molar-refractivity contribution is 5.90. The van der Waals surface area contributed by atoms with E-state index < -0.39 is 30.0 Å². The summed E-state index contributed by atoms with van der Waals surface area (Å²) in [5.41, 5.74) is 6.21. The molecule has 162 valence electrons. The molecule has 0 aliphatic rings. The smallest absolute Gasteiger partial charge is 0.408 e. The molecule has 8 heteroatoms. The van der Waals surface area contributed by atoms with Crippen LogP contribution in [0.1, 0.15) is 46.1 Å². The maximum Gasteiger partial charge on any atom is 0.408 e. The van der Waals surface area contributed by atoms with Crippen molar-refractivity contribution in [3.8, 4) is 5.75 Å². The molecule has 0 bridgehead atoms. The number of methoxy groups -OCH3 is 1. The molecule has 0 unspecified atom stereocenters. The quantitative estimate of drug-likeness (QED) is 0.520. The number of nitrogens with two attached hydrogens (primary N) is 1. The molecule has 0 aliphatic carbocycles. The van der Waals surface area contributed by atoms with E-state index in [1.54, 1.807) is 31.4 Å². The first-order valence-electron chi connectivity index (χ1n) is 9.83. The Morgan fingerprint density at radius 3 is 2.17 bits per heavy atom. The highest BCUT2D eigenvalue weighted by atomic mass is 16.5. The van der Waals surface area contributed by atoms with Gasteiger partial charge in [0.1, 0.15) is 24.4 Å². The topological polar surface area (TPSA) is 120 Å². The van der Waals surface area contributed by atoms with Gasteiger partial charge in [-0.2, -0.15) is 0 Å². The highest BCUT2D eigenvalue weighted by Crippen LogP contribution is 2.13. The van der Waals surface area contributed by atoms with Crippen LogP contribution in [0.25, 0.3) is 0 Å². The van der Waals surface area contributed by atoms with Crippen LogP contribution < -0.4 is 21.1 Å². The van der Waals surface area contributed by atoms with Crippen LogP contribution in [0.5, 0.6) is 5.75 Å². The molecule has 0 fully saturated rings. The molecular weight excluding hydrogens is 374 g/mol. The average molecular weight is 408 g/mol. The molecule has 1 rings (SSSR count). The lowest BCUT2D eigenvalue weighted by atomic mass is 9.97. The number of hydrogen-bond donors (Lipinski definition) is 3. The minimum Gasteiger partial charge on any atom is -0.497 e. The van der Waals surface area contributed by atoms with Crippen LogP contribution in [0.2, 0.25) is 0 Å². The van der Waals surface area contributed by atoms with Gasteiger partial charge in [0.2, 0.25) is 11.8 Å². The molecule has 0 aromatic heterocycles. The van der Waals surface area contributed by atoms with Gasteiger partial charge in [-0.3, -0.25) is 9.59 Å². The summed E-state index contributed by atoms with van der Waals surface area (Å²) in [6, 6.07) is 5.49. The number of alkyl carbamates (subject to hydrolysis) is 1. The largest absolute Gasteiger partial charge is 0.497 e. The summed E-state index contributed by atoms with van der Waals surface area (Å²) in [6.07, 6.45) is 0.371. The summed E-state index contributed by atoms with van der Waals surface area (Å²) in [5, 5.41) is 5.26. The summed E-state index contributed by atoms with van der Waals surface area (Å²) in [5.74, 6) is -0.319. The van der Waals surface area contributed by atoms with Gasteiger partial charge >= 0.3 is 6.09 Å². The number of rotatable bonds is 11. The van der Waals surface area contributed by atoms with Crippen LogP contribution in [0.15, 0.2) is 24.3 Å². The van der Waals surface area contributed by atoms with Crippen molar-refractivity contribution < 1.29 is 23.9 Å². The Morgan fingerprint density at radius 2 is 1.69 bits per heavy atom. The zero-order valence-corrected chi connectivity index (χ0v) is 17.9. The second kappa shape index (κ2) is 11.9. The number of amides is 3. The maximum atomic E-state index is 12.7. The van der Waals surface area contributed by atoms with Crippen LogP contribution >= 0.6 is 0 Å². The maximum absolute atomic E-state index is 12.7. The van der Waals surface area contributed by atoms with Gasteiger partial charge < -0.3 is 25.8 Å². The zero-order chi connectivity index (χ0) is 22.0. The lowest BCUT2D eigenvalue weighted by Gasteiger charge is -2.25. The van der Waals surface area contributed by atoms with Crippen molar-refractivity contribution in [2.24, 2.45) is 17.6 Å². The SMILES string of the molecule is CC[C@H](C)[C@H](NC(=O)[C@H](CC(C)C)NC(=O)OCc1ccc(OC)cc1)C(N)=O. The van der Waals surface area contributed by atoms with Crippen LogP contribution in [-0.4, -0.2) is 37.1 Å². The Kier molecular flexibility index (Phi) is 9.99. The van der Waals surface area contributed by atoms with E-state index in [0.717, 1.165) is 5.56 Å². The number of nitrogens with one attached hydrogen (secondary N) is 2. The van der Waals surface area contributed by atoms with Gasteiger partial charge in [0.05, 0.1) is 7.11 Å². The number of carbonyl (C=O) groups excluding carboxylic acids is 3. The van der Waals surface area contributed by atoms with Gasteiger partial charge in [0.15, 0.2) is 0 Å². The predicted molar refractivity (Wildman–Crippen MR) is 110 cm³/mol. The molecule has 0 saturated carbocycles. The molecule has 3 atom stereocenters. The van der Waals surface area contributed by atoms with Crippen molar-refractivity contribution in [2.45, 2.75) is 59.2 Å². The fourth-order valence-corrected chi connectivity index (χ4v) is 2.74. The van der Waals surface area contributed by atoms with Crippen molar-refractivity contribution >= 4 is 17.9 Å². The van der Waals surface area contributed by atoms with Gasteiger partial charge in [-0.15, -0.1) is 0 Å². The van der Waals surface area contributed by atoms with E-state index in [9.17, 15) is 14.4 Å². The summed E-state index contributed by atoms with van der Waals surface area (Å²) in [6.45, 7) is 7.68. The summed E-state index contributed by atoms with van der Waals surface area (Å²) in [4.78, 5) is 36.6. The van der Waals surface area contributed by atoms with Gasteiger partial charge in [0, 0.05) is 0 Å². The second-order valence-corrected chi connectivity index (χ2v) is 7.52. The Morgan fingerprint density at radius 1 is 1.07 bits per heavy atom. The number of benzene rings is 1. The van der Waals surface area contributed by atoms with Crippen molar-refractivity contribution in [1.29, 1.82) is 0 Å². The zero-order valence-electron chi connectivity index (χ0n) is 17.9. The Hall–Kier alpha value is -2.77. The van der Waals surface area contributed by atoms with Gasteiger partial charge in [-0.1, -0.05) is 46.2 Å². The van der Waals surface area contributed by atoms with E-state index in [1.807, 2.05) is 27.7 Å². The normalized spacial score (nSPS) is 13.9. The number of primary amides is 1. The summed E-state index contributed by atoms with van der Waals surface area (Å²) in [7, 11) is 1.57. The highest BCUT2D eigenvalue weighted by Gasteiger charge is 2.29. The van der Waals surface area contributed by atoms with Crippen molar-refractivity contribution in [1.82, 2.24) is 10.6 Å². The first-order chi connectivity index (χ1) is 13.7. The van der Waals surface area contributed by atoms with E-state index >= 15 is 0 Å². The molecule has 29 heavy (non-hydrogen) atoms. The molecule has 0 radical (unpaired) electrons. The van der Waals surface area contributed by atoms with Crippen molar-refractivity contribution in [2.75, 3.05) is 7.11 Å². The van der Waals surface area contributed by atoms with Crippen molar-refractivity contribution in [3.05, 3.63) is 29.8 Å². The minimum atomic E-state index is -0.829. The first kappa shape index (κ1) is 24.3. The van der Waals surface area contributed by atoms with E-state index in [2.05, 4.69) is 10.6 Å². The molecule has 0 aliphatic heterocycles. The third-order valence-corrected chi connectivity index (χ3v) is 4.66. The number of hydrogen-bond acceptors (Lipinski definition) is 5. The Labute approximate surface area is 172 Å². The van der Waals surface area contributed by atoms with E-state index in [1.165, 1.54) is 0 Å². The Bertz CT molecular complexity index is 675. The third kappa shape index (κ3) is 8.41. The third-order valence-electron chi connectivity index (χ3n) is 4.66. The monoisotopic (exact) mass is 407 g/mol. The minimum absolute atomic E-state index is 0.0582. The lowest BCUT2D eigenvalue weighted by Crippen LogP contribution is -2.55. The lowest BCUT2D eigenvalue weighted by molar-refractivity contribution is -0.129. The molecule has 3 amide bonds. The number of ether oxygens (including phenoxy) is 2. The second-order valence-electron chi connectivity index (χ2n) is 7.52. The molecular formula is C21H33N3O5. The Balaban J connectivity index is 2.71. The van der Waals surface area contributed by atoms with E-state index in [4.69, 9.17) is 15.2 Å². The fourth-order valence-electron chi connectivity index (χ4n) is 2.74. The van der Waals surface area contributed by atoms with Crippen LogP contribution in [0, 0.1) is 11.8 Å². The van der Waals surface area contributed by atoms with Crippen molar-refractivity contribution in [3.63, 3.8) is 0 Å². The average Bonchev–Trinajstić information content (AvgIpc) is 2.69. The molecule has 8 nitrogen and oxygen atoms in total. The van der Waals surface area contributed by atoms with Crippen LogP contribution in [0.3, 0.4) is 0 Å². The molecule has 1 aromatic carbocycles. The summed E-state index contributed by atoms with van der Waals surface area (Å²) >= 11 is 0. The van der Waals surface area contributed by atoms with Crippen LogP contribution in [0.4, 0.5) is 4.79 Å². The predicted octanol–water partition coefficient (Wildman–Crippen LogP) is 2.35. The molecule has 0 spiro atoms. The molecule has 0 heterocycles. The van der Waals surface area contributed by atoms with Gasteiger partial charge in [-0.05, 0) is 36.0 Å².